The second-order valence-corrected chi connectivity index (χ2v) is 3.91. The minimum absolute atomic E-state index is 0.108. The summed E-state index contributed by atoms with van der Waals surface area (Å²) in [5.41, 5.74) is 6.77. The largest absolute Gasteiger partial charge is 0.318 e. The molecule has 0 saturated carbocycles. The van der Waals surface area contributed by atoms with E-state index in [-0.39, 0.29) is 6.04 Å². The molecule has 0 aliphatic heterocycles. The predicted molar refractivity (Wildman–Crippen MR) is 50.3 cm³/mol. The minimum atomic E-state index is -0.108. The van der Waals surface area contributed by atoms with Gasteiger partial charge in [0.05, 0.1) is 11.7 Å². The second kappa shape index (κ2) is 3.30. The van der Waals surface area contributed by atoms with Gasteiger partial charge in [0.15, 0.2) is 0 Å². The highest BCUT2D eigenvalue weighted by atomic mass is 32.1. The van der Waals surface area contributed by atoms with Crippen LogP contribution >= 0.6 is 22.9 Å². The Morgan fingerprint density at radius 1 is 1.50 bits per heavy atom. The van der Waals surface area contributed by atoms with Crippen molar-refractivity contribution in [2.75, 3.05) is 0 Å². The first-order chi connectivity index (χ1) is 5.88. The lowest BCUT2D eigenvalue weighted by Crippen LogP contribution is -2.10. The monoisotopic (exact) mass is 197 g/mol. The molecule has 0 fully saturated rings. The van der Waals surface area contributed by atoms with Crippen LogP contribution in [0.3, 0.4) is 0 Å². The van der Waals surface area contributed by atoms with E-state index in [1.54, 1.807) is 11.3 Å². The first-order valence-electron chi connectivity index (χ1n) is 3.44. The number of thiophene rings is 1. The van der Waals surface area contributed by atoms with E-state index in [1.165, 1.54) is 11.5 Å². The smallest absolute Gasteiger partial charge is 0.0976 e. The summed E-state index contributed by atoms with van der Waals surface area (Å²) in [4.78, 5) is 1.13. The summed E-state index contributed by atoms with van der Waals surface area (Å²) >= 11 is 2.97. The van der Waals surface area contributed by atoms with E-state index in [0.29, 0.717) is 0 Å². The van der Waals surface area contributed by atoms with E-state index < -0.39 is 0 Å². The maximum atomic E-state index is 5.92. The Morgan fingerprint density at radius 3 is 3.00 bits per heavy atom. The number of aromatic nitrogens is 2. The van der Waals surface area contributed by atoms with Gasteiger partial charge in [0, 0.05) is 10.3 Å². The molecular formula is C7H7N3S2. The van der Waals surface area contributed by atoms with Crippen molar-refractivity contribution in [3.05, 3.63) is 33.5 Å². The topological polar surface area (TPSA) is 51.8 Å². The molecule has 0 spiro atoms. The van der Waals surface area contributed by atoms with E-state index in [2.05, 4.69) is 9.59 Å². The summed E-state index contributed by atoms with van der Waals surface area (Å²) in [6.45, 7) is 0. The van der Waals surface area contributed by atoms with Crippen molar-refractivity contribution in [2.45, 2.75) is 6.04 Å². The van der Waals surface area contributed by atoms with Crippen molar-refractivity contribution in [2.24, 2.45) is 5.73 Å². The fourth-order valence-corrected chi connectivity index (χ4v) is 2.15. The molecule has 0 amide bonds. The molecule has 5 heteroatoms. The third-order valence-corrected chi connectivity index (χ3v) is 3.02. The molecule has 0 aliphatic rings. The third kappa shape index (κ3) is 1.38. The summed E-state index contributed by atoms with van der Waals surface area (Å²) in [6.07, 6.45) is 0. The molecule has 12 heavy (non-hydrogen) atoms. The van der Waals surface area contributed by atoms with E-state index in [1.807, 2.05) is 22.9 Å². The normalized spacial score (nSPS) is 13.1. The molecule has 1 atom stereocenters. The number of rotatable bonds is 2. The van der Waals surface area contributed by atoms with Gasteiger partial charge in [-0.1, -0.05) is 10.6 Å². The van der Waals surface area contributed by atoms with Crippen LogP contribution in [0.4, 0.5) is 0 Å². The van der Waals surface area contributed by atoms with E-state index in [4.69, 9.17) is 5.73 Å². The van der Waals surface area contributed by atoms with Crippen molar-refractivity contribution in [1.82, 2.24) is 9.59 Å². The maximum Gasteiger partial charge on any atom is 0.0976 e. The molecule has 2 aromatic heterocycles. The number of nitrogens with zero attached hydrogens (tertiary/aromatic N) is 2. The average Bonchev–Trinajstić information content (AvgIpc) is 2.77. The standard InChI is InChI=1S/C7H7N3S2/c8-7(5-4-12-10-9-5)6-2-1-3-11-6/h1-4,7H,8H2. The number of hydrogen-bond donors (Lipinski definition) is 1. The number of hydrogen-bond acceptors (Lipinski definition) is 5. The summed E-state index contributed by atoms with van der Waals surface area (Å²) in [7, 11) is 0. The van der Waals surface area contributed by atoms with Gasteiger partial charge in [-0.25, -0.2) is 0 Å². The second-order valence-electron chi connectivity index (χ2n) is 2.32. The van der Waals surface area contributed by atoms with Gasteiger partial charge in [-0.3, -0.25) is 0 Å². The highest BCUT2D eigenvalue weighted by molar-refractivity contribution is 7.10. The zero-order valence-corrected chi connectivity index (χ0v) is 7.81. The van der Waals surface area contributed by atoms with E-state index >= 15 is 0 Å². The minimum Gasteiger partial charge on any atom is -0.318 e. The molecule has 0 saturated heterocycles. The highest BCUT2D eigenvalue weighted by Gasteiger charge is 2.11. The third-order valence-electron chi connectivity index (χ3n) is 1.55. The molecule has 2 heterocycles. The first kappa shape index (κ1) is 7.85. The summed E-state index contributed by atoms with van der Waals surface area (Å²) < 4.78 is 3.77. The van der Waals surface area contributed by atoms with Crippen LogP contribution in [0.5, 0.6) is 0 Å². The first-order valence-corrected chi connectivity index (χ1v) is 5.15. The summed E-state index contributed by atoms with van der Waals surface area (Å²) in [5.74, 6) is 0. The van der Waals surface area contributed by atoms with Crippen LogP contribution in [-0.4, -0.2) is 9.59 Å². The van der Waals surface area contributed by atoms with Gasteiger partial charge in [0.1, 0.15) is 0 Å². The summed E-state index contributed by atoms with van der Waals surface area (Å²) in [5, 5.41) is 7.81. The van der Waals surface area contributed by atoms with Crippen LogP contribution in [0.2, 0.25) is 0 Å². The van der Waals surface area contributed by atoms with Gasteiger partial charge >= 0.3 is 0 Å². The molecule has 62 valence electrons. The van der Waals surface area contributed by atoms with Crippen LogP contribution < -0.4 is 5.73 Å². The van der Waals surface area contributed by atoms with Crippen LogP contribution in [-0.2, 0) is 0 Å². The molecule has 2 N–H and O–H groups in total. The lowest BCUT2D eigenvalue weighted by molar-refractivity contribution is 0.834. The van der Waals surface area contributed by atoms with Gasteiger partial charge in [0.25, 0.3) is 0 Å². The molecule has 2 aromatic rings. The zero-order chi connectivity index (χ0) is 8.39. The molecular weight excluding hydrogens is 190 g/mol. The Bertz CT molecular complexity index is 293. The number of nitrogens with two attached hydrogens (primary N) is 1. The molecule has 2 rings (SSSR count). The van der Waals surface area contributed by atoms with Crippen molar-refractivity contribution < 1.29 is 0 Å². The lowest BCUT2D eigenvalue weighted by Gasteiger charge is -2.03. The Balaban J connectivity index is 2.27. The molecule has 0 radical (unpaired) electrons. The van der Waals surface area contributed by atoms with Gasteiger partial charge in [-0.2, -0.15) is 0 Å². The zero-order valence-electron chi connectivity index (χ0n) is 6.18. The van der Waals surface area contributed by atoms with Crippen molar-refractivity contribution in [3.8, 4) is 0 Å². The Morgan fingerprint density at radius 2 is 2.42 bits per heavy atom. The molecule has 1 unspecified atom stereocenters. The van der Waals surface area contributed by atoms with Gasteiger partial charge in [-0.15, -0.1) is 16.4 Å². The lowest BCUT2D eigenvalue weighted by atomic mass is 10.2. The van der Waals surface area contributed by atoms with Crippen molar-refractivity contribution >= 4 is 22.9 Å². The Hall–Kier alpha value is -0.780. The summed E-state index contributed by atoms with van der Waals surface area (Å²) in [6, 6.07) is 3.89. The van der Waals surface area contributed by atoms with Crippen molar-refractivity contribution in [1.29, 1.82) is 0 Å². The maximum absolute atomic E-state index is 5.92. The van der Waals surface area contributed by atoms with Crippen LogP contribution in [0.15, 0.2) is 22.9 Å². The van der Waals surface area contributed by atoms with E-state index in [9.17, 15) is 0 Å². The van der Waals surface area contributed by atoms with Crippen LogP contribution in [0, 0.1) is 0 Å². The quantitative estimate of drug-likeness (QED) is 0.796. The molecule has 0 bridgehead atoms. The highest BCUT2D eigenvalue weighted by Crippen LogP contribution is 2.22. The SMILES string of the molecule is NC(c1csnn1)c1cccs1. The van der Waals surface area contributed by atoms with E-state index in [0.717, 1.165) is 10.6 Å². The predicted octanol–water partition coefficient (Wildman–Crippen LogP) is 1.65. The Labute approximate surface area is 78.0 Å². The van der Waals surface area contributed by atoms with Gasteiger partial charge < -0.3 is 5.73 Å². The fraction of sp³-hybridized carbons (Fsp3) is 0.143. The molecule has 3 nitrogen and oxygen atoms in total. The van der Waals surface area contributed by atoms with Gasteiger partial charge in [0.2, 0.25) is 0 Å². The molecule has 0 aromatic carbocycles. The van der Waals surface area contributed by atoms with Crippen molar-refractivity contribution in [3.63, 3.8) is 0 Å². The fourth-order valence-electron chi connectivity index (χ4n) is 0.921. The van der Waals surface area contributed by atoms with Crippen LogP contribution in [0.1, 0.15) is 16.6 Å². The Kier molecular flexibility index (Phi) is 2.16. The van der Waals surface area contributed by atoms with Crippen LogP contribution in [0.25, 0.3) is 0 Å². The molecule has 0 aliphatic carbocycles. The average molecular weight is 197 g/mol. The van der Waals surface area contributed by atoms with Gasteiger partial charge in [-0.05, 0) is 23.0 Å².